The van der Waals surface area contributed by atoms with Crippen LogP contribution in [0.1, 0.15) is 11.3 Å². The van der Waals surface area contributed by atoms with Crippen LogP contribution >= 0.6 is 15.9 Å². The number of aromatic nitrogens is 4. The van der Waals surface area contributed by atoms with Gasteiger partial charge in [0, 0.05) is 28.3 Å². The fourth-order valence-electron chi connectivity index (χ4n) is 3.55. The number of halogens is 1. The lowest BCUT2D eigenvalue weighted by Crippen LogP contribution is -2.21. The third-order valence-electron chi connectivity index (χ3n) is 4.84. The molecular weight excluding hydrogens is 404 g/mol. The predicted octanol–water partition coefficient (Wildman–Crippen LogP) is 3.70. The molecule has 0 spiro atoms. The number of hydrogen-bond acceptors (Lipinski definition) is 5. The van der Waals surface area contributed by atoms with Crippen molar-refractivity contribution in [3.8, 4) is 11.4 Å². The van der Waals surface area contributed by atoms with Crippen molar-refractivity contribution < 1.29 is 0 Å². The number of nitrogen functional groups attached to an aromatic ring is 1. The molecule has 2 aromatic heterocycles. The Labute approximate surface area is 164 Å². The van der Waals surface area contributed by atoms with Gasteiger partial charge in [0.2, 0.25) is 0 Å². The Morgan fingerprint density at radius 3 is 2.74 bits per heavy atom. The van der Waals surface area contributed by atoms with Gasteiger partial charge in [-0.2, -0.15) is 9.50 Å². The number of anilines is 2. The summed E-state index contributed by atoms with van der Waals surface area (Å²) in [5, 5.41) is 4.50. The number of benzene rings is 2. The van der Waals surface area contributed by atoms with E-state index in [0.29, 0.717) is 24.0 Å². The number of fused-ring (bicyclic) bond motifs is 2. The van der Waals surface area contributed by atoms with E-state index in [1.807, 2.05) is 36.4 Å². The Balaban J connectivity index is 1.50. The summed E-state index contributed by atoms with van der Waals surface area (Å²) < 4.78 is 2.76. The first-order valence-electron chi connectivity index (χ1n) is 8.79. The van der Waals surface area contributed by atoms with Crippen LogP contribution in [-0.2, 0) is 13.0 Å². The fourth-order valence-corrected chi connectivity index (χ4v) is 4.10. The number of nitrogens with zero attached hydrogens (tertiary/aromatic N) is 5. The summed E-state index contributed by atoms with van der Waals surface area (Å²) in [4.78, 5) is 11.6. The summed E-state index contributed by atoms with van der Waals surface area (Å²) in [6.45, 7) is 1.66. The molecule has 0 saturated heterocycles. The zero-order chi connectivity index (χ0) is 18.4. The van der Waals surface area contributed by atoms with Crippen molar-refractivity contribution in [1.29, 1.82) is 0 Å². The van der Waals surface area contributed by atoms with E-state index in [9.17, 15) is 0 Å². The van der Waals surface area contributed by atoms with Crippen LogP contribution < -0.4 is 10.6 Å². The molecule has 6 nitrogen and oxygen atoms in total. The van der Waals surface area contributed by atoms with E-state index in [1.54, 1.807) is 4.52 Å². The molecule has 0 atom stereocenters. The lowest BCUT2D eigenvalue weighted by atomic mass is 10.2. The highest BCUT2D eigenvalue weighted by Gasteiger charge is 2.22. The van der Waals surface area contributed by atoms with Crippen LogP contribution in [0.5, 0.6) is 0 Å². The maximum atomic E-state index is 6.24. The summed E-state index contributed by atoms with van der Waals surface area (Å²) >= 11 is 3.65. The van der Waals surface area contributed by atoms with E-state index in [0.717, 1.165) is 28.7 Å². The van der Waals surface area contributed by atoms with Crippen LogP contribution in [0.4, 0.5) is 11.5 Å². The predicted molar refractivity (Wildman–Crippen MR) is 110 cm³/mol. The Morgan fingerprint density at radius 2 is 1.89 bits per heavy atom. The number of rotatable bonds is 3. The van der Waals surface area contributed by atoms with E-state index in [2.05, 4.69) is 49.1 Å². The molecule has 27 heavy (non-hydrogen) atoms. The monoisotopic (exact) mass is 420 g/mol. The van der Waals surface area contributed by atoms with Crippen molar-refractivity contribution in [2.45, 2.75) is 13.0 Å². The molecule has 0 fully saturated rings. The van der Waals surface area contributed by atoms with Crippen molar-refractivity contribution in [2.75, 3.05) is 17.2 Å². The van der Waals surface area contributed by atoms with Crippen molar-refractivity contribution in [3.05, 3.63) is 70.3 Å². The SMILES string of the molecule is Nc1cc(CN2CCc3c(Br)cccc32)nc2nc(-c3ccccc3)nn12. The van der Waals surface area contributed by atoms with Gasteiger partial charge in [-0.1, -0.05) is 52.3 Å². The molecule has 134 valence electrons. The van der Waals surface area contributed by atoms with Crippen LogP contribution in [0.25, 0.3) is 17.2 Å². The standard InChI is InChI=1S/C20H17BrN6/c21-16-7-4-8-17-15(16)9-10-26(17)12-14-11-18(22)27-20(23-14)24-19(25-27)13-5-2-1-3-6-13/h1-8,11H,9-10,12,22H2. The van der Waals surface area contributed by atoms with Crippen molar-refractivity contribution in [1.82, 2.24) is 19.6 Å². The molecule has 2 N–H and O–H groups in total. The molecular formula is C20H17BrN6. The Kier molecular flexibility index (Phi) is 3.82. The van der Waals surface area contributed by atoms with Crippen LogP contribution in [0.3, 0.4) is 0 Å². The summed E-state index contributed by atoms with van der Waals surface area (Å²) in [5.41, 5.74) is 10.7. The van der Waals surface area contributed by atoms with Gasteiger partial charge >= 0.3 is 0 Å². The van der Waals surface area contributed by atoms with Gasteiger partial charge in [-0.05, 0) is 24.1 Å². The van der Waals surface area contributed by atoms with E-state index in [-0.39, 0.29) is 0 Å². The van der Waals surface area contributed by atoms with Gasteiger partial charge in [0.15, 0.2) is 5.82 Å². The molecule has 1 aliphatic heterocycles. The third kappa shape index (κ3) is 2.84. The fraction of sp³-hybridized carbons (Fsp3) is 0.150. The summed E-state index contributed by atoms with van der Waals surface area (Å²) in [7, 11) is 0. The topological polar surface area (TPSA) is 72.3 Å². The van der Waals surface area contributed by atoms with Crippen molar-refractivity contribution in [2.24, 2.45) is 0 Å². The molecule has 0 saturated carbocycles. The highest BCUT2D eigenvalue weighted by molar-refractivity contribution is 9.10. The minimum atomic E-state index is 0.525. The molecule has 0 bridgehead atoms. The van der Waals surface area contributed by atoms with E-state index < -0.39 is 0 Å². The van der Waals surface area contributed by atoms with Gasteiger partial charge in [-0.15, -0.1) is 5.10 Å². The smallest absolute Gasteiger partial charge is 0.254 e. The quantitative estimate of drug-likeness (QED) is 0.546. The zero-order valence-corrected chi connectivity index (χ0v) is 16.1. The van der Waals surface area contributed by atoms with Crippen molar-refractivity contribution >= 4 is 33.2 Å². The zero-order valence-electron chi connectivity index (χ0n) is 14.5. The van der Waals surface area contributed by atoms with Gasteiger partial charge in [0.25, 0.3) is 5.78 Å². The van der Waals surface area contributed by atoms with Crippen LogP contribution in [0.2, 0.25) is 0 Å². The lowest BCUT2D eigenvalue weighted by molar-refractivity contribution is 0.808. The average Bonchev–Trinajstić information content (AvgIpc) is 3.28. The maximum Gasteiger partial charge on any atom is 0.254 e. The molecule has 5 rings (SSSR count). The van der Waals surface area contributed by atoms with Gasteiger partial charge in [0.1, 0.15) is 5.82 Å². The molecule has 0 radical (unpaired) electrons. The lowest BCUT2D eigenvalue weighted by Gasteiger charge is -2.19. The molecule has 0 aliphatic carbocycles. The minimum absolute atomic E-state index is 0.525. The number of hydrogen-bond donors (Lipinski definition) is 1. The van der Waals surface area contributed by atoms with Gasteiger partial charge in [-0.3, -0.25) is 0 Å². The van der Waals surface area contributed by atoms with E-state index in [1.165, 1.54) is 11.3 Å². The highest BCUT2D eigenvalue weighted by atomic mass is 79.9. The summed E-state index contributed by atoms with van der Waals surface area (Å²) in [5.74, 6) is 1.69. The Hall–Kier alpha value is -2.93. The normalized spacial score (nSPS) is 13.3. The highest BCUT2D eigenvalue weighted by Crippen LogP contribution is 2.34. The average molecular weight is 421 g/mol. The molecule has 3 heterocycles. The summed E-state index contributed by atoms with van der Waals surface area (Å²) in [6.07, 6.45) is 1.03. The molecule has 4 aromatic rings. The molecule has 0 amide bonds. The third-order valence-corrected chi connectivity index (χ3v) is 5.59. The van der Waals surface area contributed by atoms with Crippen LogP contribution in [-0.4, -0.2) is 26.1 Å². The van der Waals surface area contributed by atoms with Gasteiger partial charge in [-0.25, -0.2) is 4.98 Å². The van der Waals surface area contributed by atoms with E-state index >= 15 is 0 Å². The van der Waals surface area contributed by atoms with Crippen LogP contribution in [0, 0.1) is 0 Å². The van der Waals surface area contributed by atoms with Crippen LogP contribution in [0.15, 0.2) is 59.1 Å². The van der Waals surface area contributed by atoms with Gasteiger partial charge < -0.3 is 10.6 Å². The molecule has 1 aliphatic rings. The summed E-state index contributed by atoms with van der Waals surface area (Å²) in [6, 6.07) is 18.0. The molecule has 2 aromatic carbocycles. The Morgan fingerprint density at radius 1 is 1.04 bits per heavy atom. The Bertz CT molecular complexity index is 1140. The maximum absolute atomic E-state index is 6.24. The molecule has 0 unspecified atom stereocenters. The second-order valence-electron chi connectivity index (χ2n) is 6.59. The second-order valence-corrected chi connectivity index (χ2v) is 7.45. The second kappa shape index (κ2) is 6.35. The number of nitrogens with two attached hydrogens (primary N) is 1. The van der Waals surface area contributed by atoms with E-state index in [4.69, 9.17) is 10.7 Å². The van der Waals surface area contributed by atoms with Gasteiger partial charge in [0.05, 0.1) is 12.2 Å². The molecule has 7 heteroatoms. The van der Waals surface area contributed by atoms with Crippen molar-refractivity contribution in [3.63, 3.8) is 0 Å². The first-order chi connectivity index (χ1) is 13.2. The first-order valence-corrected chi connectivity index (χ1v) is 9.58. The largest absolute Gasteiger partial charge is 0.383 e. The minimum Gasteiger partial charge on any atom is -0.383 e. The first kappa shape index (κ1) is 16.3.